The summed E-state index contributed by atoms with van der Waals surface area (Å²) in [4.78, 5) is 31.8. The third-order valence-electron chi connectivity index (χ3n) is 6.72. The fourth-order valence-electron chi connectivity index (χ4n) is 4.79. The smallest absolute Gasteiger partial charge is 0.225 e. The maximum atomic E-state index is 12.8. The molecule has 0 radical (unpaired) electrons. The predicted molar refractivity (Wildman–Crippen MR) is 128 cm³/mol. The van der Waals surface area contributed by atoms with Gasteiger partial charge in [-0.3, -0.25) is 14.5 Å². The van der Waals surface area contributed by atoms with Gasteiger partial charge in [-0.05, 0) is 56.5 Å². The second-order valence-electron chi connectivity index (χ2n) is 9.50. The SMILES string of the molecule is COc1ccc(N2CCN(CCCNC(=O)C3CCC(=O)N(CC(C)C)C3C)CC2)cc1. The van der Waals surface area contributed by atoms with Gasteiger partial charge in [-0.2, -0.15) is 0 Å². The number of benzene rings is 1. The molecule has 1 N–H and O–H groups in total. The highest BCUT2D eigenvalue weighted by Gasteiger charge is 2.36. The number of carbonyl (C=O) groups excluding carboxylic acids is 2. The van der Waals surface area contributed by atoms with Gasteiger partial charge in [0.05, 0.1) is 13.0 Å². The van der Waals surface area contributed by atoms with Gasteiger partial charge in [0.1, 0.15) is 5.75 Å². The molecule has 0 saturated carbocycles. The van der Waals surface area contributed by atoms with Crippen molar-refractivity contribution in [2.45, 2.75) is 46.1 Å². The summed E-state index contributed by atoms with van der Waals surface area (Å²) in [6.45, 7) is 12.8. The van der Waals surface area contributed by atoms with E-state index < -0.39 is 0 Å². The van der Waals surface area contributed by atoms with Gasteiger partial charge in [0.2, 0.25) is 11.8 Å². The van der Waals surface area contributed by atoms with Crippen LogP contribution in [0, 0.1) is 11.8 Å². The van der Waals surface area contributed by atoms with E-state index in [1.165, 1.54) is 5.69 Å². The average Bonchev–Trinajstić information content (AvgIpc) is 2.79. The first kappa shape index (κ1) is 24.4. The minimum atomic E-state index is -0.0977. The largest absolute Gasteiger partial charge is 0.497 e. The zero-order valence-electron chi connectivity index (χ0n) is 20.2. The number of nitrogens with one attached hydrogen (secondary N) is 1. The molecule has 2 unspecified atom stereocenters. The van der Waals surface area contributed by atoms with Crippen molar-refractivity contribution in [1.82, 2.24) is 15.1 Å². The molecule has 2 aliphatic rings. The quantitative estimate of drug-likeness (QED) is 0.593. The van der Waals surface area contributed by atoms with Gasteiger partial charge in [0.15, 0.2) is 0 Å². The highest BCUT2D eigenvalue weighted by molar-refractivity contribution is 5.84. The van der Waals surface area contributed by atoms with Gasteiger partial charge in [0, 0.05) is 57.4 Å². The Kier molecular flexibility index (Phi) is 8.79. The van der Waals surface area contributed by atoms with Crippen LogP contribution in [0.15, 0.2) is 24.3 Å². The third-order valence-corrected chi connectivity index (χ3v) is 6.72. The third kappa shape index (κ3) is 6.37. The molecular formula is C25H40N4O3. The topological polar surface area (TPSA) is 65.1 Å². The first-order valence-corrected chi connectivity index (χ1v) is 12.1. The number of nitrogens with zero attached hydrogens (tertiary/aromatic N) is 3. The summed E-state index contributed by atoms with van der Waals surface area (Å²) in [5.74, 6) is 1.48. The van der Waals surface area contributed by atoms with Crippen molar-refractivity contribution in [2.24, 2.45) is 11.8 Å². The Morgan fingerprint density at radius 3 is 2.47 bits per heavy atom. The van der Waals surface area contributed by atoms with E-state index in [0.717, 1.165) is 51.4 Å². The standard InChI is InChI=1S/C25H40N4O3/c1-19(2)18-29-20(3)23(10-11-24(29)30)25(31)26-12-5-13-27-14-16-28(17-15-27)21-6-8-22(32-4)9-7-21/h6-9,19-20,23H,5,10-18H2,1-4H3,(H,26,31). The lowest BCUT2D eigenvalue weighted by Gasteiger charge is -2.39. The molecule has 7 heteroatoms. The van der Waals surface area contributed by atoms with E-state index in [0.29, 0.717) is 25.3 Å². The monoisotopic (exact) mass is 444 g/mol. The second kappa shape index (κ2) is 11.5. The molecule has 2 atom stereocenters. The molecule has 1 aromatic rings. The Morgan fingerprint density at radius 2 is 1.84 bits per heavy atom. The molecule has 2 fully saturated rings. The van der Waals surface area contributed by atoms with E-state index in [2.05, 4.69) is 41.1 Å². The van der Waals surface area contributed by atoms with Crippen LogP contribution in [-0.4, -0.2) is 80.6 Å². The number of carbonyl (C=O) groups is 2. The molecule has 2 amide bonds. The second-order valence-corrected chi connectivity index (χ2v) is 9.50. The van der Waals surface area contributed by atoms with Crippen LogP contribution in [0.5, 0.6) is 5.75 Å². The van der Waals surface area contributed by atoms with Crippen LogP contribution in [0.3, 0.4) is 0 Å². The highest BCUT2D eigenvalue weighted by Crippen LogP contribution is 2.25. The molecule has 7 nitrogen and oxygen atoms in total. The Bertz CT molecular complexity index is 744. The molecule has 2 aliphatic heterocycles. The number of likely N-dealkylation sites (tertiary alicyclic amines) is 1. The van der Waals surface area contributed by atoms with Crippen molar-refractivity contribution in [1.29, 1.82) is 0 Å². The maximum Gasteiger partial charge on any atom is 0.225 e. The summed E-state index contributed by atoms with van der Waals surface area (Å²) in [6, 6.07) is 8.23. The fraction of sp³-hybridized carbons (Fsp3) is 0.680. The minimum absolute atomic E-state index is 0.0234. The van der Waals surface area contributed by atoms with Crippen LogP contribution in [0.4, 0.5) is 5.69 Å². The molecule has 0 spiro atoms. The van der Waals surface area contributed by atoms with Crippen LogP contribution >= 0.6 is 0 Å². The average molecular weight is 445 g/mol. The van der Waals surface area contributed by atoms with Gasteiger partial charge >= 0.3 is 0 Å². The Balaban J connectivity index is 1.35. The van der Waals surface area contributed by atoms with E-state index >= 15 is 0 Å². The Labute approximate surface area is 193 Å². The maximum absolute atomic E-state index is 12.8. The molecule has 0 aliphatic carbocycles. The number of ether oxygens (including phenoxy) is 1. The zero-order chi connectivity index (χ0) is 23.1. The van der Waals surface area contributed by atoms with Gasteiger partial charge < -0.3 is 19.9 Å². The summed E-state index contributed by atoms with van der Waals surface area (Å²) < 4.78 is 5.24. The molecule has 0 bridgehead atoms. The lowest BCUT2D eigenvalue weighted by atomic mass is 9.88. The summed E-state index contributed by atoms with van der Waals surface area (Å²) >= 11 is 0. The Hall–Kier alpha value is -2.28. The van der Waals surface area contributed by atoms with Crippen molar-refractivity contribution < 1.29 is 14.3 Å². The molecule has 178 valence electrons. The van der Waals surface area contributed by atoms with E-state index in [-0.39, 0.29) is 23.8 Å². The first-order chi connectivity index (χ1) is 15.4. The van der Waals surface area contributed by atoms with Crippen LogP contribution in [0.1, 0.15) is 40.0 Å². The number of amides is 2. The van der Waals surface area contributed by atoms with E-state index in [1.807, 2.05) is 24.0 Å². The lowest BCUT2D eigenvalue weighted by Crippen LogP contribution is -2.53. The summed E-state index contributed by atoms with van der Waals surface area (Å²) in [6.07, 6.45) is 2.09. The fourth-order valence-corrected chi connectivity index (χ4v) is 4.79. The highest BCUT2D eigenvalue weighted by atomic mass is 16.5. The number of hydrogen-bond acceptors (Lipinski definition) is 5. The van der Waals surface area contributed by atoms with E-state index in [1.54, 1.807) is 7.11 Å². The van der Waals surface area contributed by atoms with Crippen molar-refractivity contribution >= 4 is 17.5 Å². The number of methoxy groups -OCH3 is 1. The molecular weight excluding hydrogens is 404 g/mol. The number of rotatable bonds is 9. The van der Waals surface area contributed by atoms with Crippen LogP contribution in [0.2, 0.25) is 0 Å². The molecule has 2 heterocycles. The molecule has 1 aromatic carbocycles. The zero-order valence-corrected chi connectivity index (χ0v) is 20.2. The molecule has 0 aromatic heterocycles. The van der Waals surface area contributed by atoms with Crippen molar-refractivity contribution in [3.8, 4) is 5.75 Å². The van der Waals surface area contributed by atoms with E-state index in [9.17, 15) is 9.59 Å². The number of anilines is 1. The van der Waals surface area contributed by atoms with Gasteiger partial charge in [-0.25, -0.2) is 0 Å². The van der Waals surface area contributed by atoms with E-state index in [4.69, 9.17) is 4.74 Å². The number of piperazine rings is 1. The van der Waals surface area contributed by atoms with Crippen LogP contribution < -0.4 is 15.0 Å². The normalized spacial score (nSPS) is 22.3. The summed E-state index contributed by atoms with van der Waals surface area (Å²) in [5.41, 5.74) is 1.24. The van der Waals surface area contributed by atoms with Gasteiger partial charge in [-0.1, -0.05) is 13.8 Å². The lowest BCUT2D eigenvalue weighted by molar-refractivity contribution is -0.143. The molecule has 2 saturated heterocycles. The number of piperidine rings is 1. The minimum Gasteiger partial charge on any atom is -0.497 e. The molecule has 32 heavy (non-hydrogen) atoms. The summed E-state index contributed by atoms with van der Waals surface area (Å²) in [5, 5.41) is 3.13. The molecule has 3 rings (SSSR count). The number of hydrogen-bond donors (Lipinski definition) is 1. The van der Waals surface area contributed by atoms with Crippen LogP contribution in [0.25, 0.3) is 0 Å². The summed E-state index contributed by atoms with van der Waals surface area (Å²) in [7, 11) is 1.69. The van der Waals surface area contributed by atoms with Gasteiger partial charge in [0.25, 0.3) is 0 Å². The van der Waals surface area contributed by atoms with Crippen molar-refractivity contribution in [3.05, 3.63) is 24.3 Å². The first-order valence-electron chi connectivity index (χ1n) is 12.1. The Morgan fingerprint density at radius 1 is 1.16 bits per heavy atom. The van der Waals surface area contributed by atoms with Crippen LogP contribution in [-0.2, 0) is 9.59 Å². The van der Waals surface area contributed by atoms with Crippen molar-refractivity contribution in [2.75, 3.05) is 57.8 Å². The van der Waals surface area contributed by atoms with Gasteiger partial charge in [-0.15, -0.1) is 0 Å². The predicted octanol–water partition coefficient (Wildman–Crippen LogP) is 2.61. The van der Waals surface area contributed by atoms with Crippen molar-refractivity contribution in [3.63, 3.8) is 0 Å².